The van der Waals surface area contributed by atoms with E-state index in [0.717, 1.165) is 0 Å². The van der Waals surface area contributed by atoms with Gasteiger partial charge >= 0.3 is 11.9 Å². The van der Waals surface area contributed by atoms with Crippen molar-refractivity contribution in [1.82, 2.24) is 0 Å². The molecule has 29 heavy (non-hydrogen) atoms. The van der Waals surface area contributed by atoms with Crippen molar-refractivity contribution in [3.8, 4) is 0 Å². The van der Waals surface area contributed by atoms with Crippen LogP contribution in [0.4, 0.5) is 0 Å². The summed E-state index contributed by atoms with van der Waals surface area (Å²) in [5.74, 6) is -2.93. The molecule has 4 aliphatic rings. The second kappa shape index (κ2) is 6.38. The van der Waals surface area contributed by atoms with Gasteiger partial charge in [0.2, 0.25) is 0 Å². The number of allylic oxidation sites excluding steroid dienone is 1. The third-order valence-electron chi connectivity index (χ3n) is 8.34. The molecular formula is C22H30O7. The lowest BCUT2D eigenvalue weighted by Gasteiger charge is -2.64. The smallest absolute Gasteiger partial charge is 0.320 e. The van der Waals surface area contributed by atoms with Gasteiger partial charge in [0.25, 0.3) is 0 Å². The minimum atomic E-state index is -1.52. The Morgan fingerprint density at radius 3 is 2.66 bits per heavy atom. The molecule has 7 nitrogen and oxygen atoms in total. The molecular weight excluding hydrogens is 376 g/mol. The van der Waals surface area contributed by atoms with Crippen molar-refractivity contribution >= 4 is 17.7 Å². The van der Waals surface area contributed by atoms with Gasteiger partial charge in [-0.15, -0.1) is 0 Å². The molecule has 0 radical (unpaired) electrons. The Kier molecular flexibility index (Phi) is 4.52. The van der Waals surface area contributed by atoms with Crippen molar-refractivity contribution in [2.75, 3.05) is 13.2 Å². The van der Waals surface area contributed by atoms with Gasteiger partial charge in [-0.05, 0) is 48.5 Å². The molecule has 3 aliphatic carbocycles. The van der Waals surface area contributed by atoms with Gasteiger partial charge in [-0.2, -0.15) is 0 Å². The summed E-state index contributed by atoms with van der Waals surface area (Å²) in [5.41, 5.74) is -2.55. The summed E-state index contributed by atoms with van der Waals surface area (Å²) in [6, 6.07) is 0. The standard InChI is InChI=1S/C22H30O7/c1-11-13-7-14(25)17-21(8-13,18(11)26)19(27)29-16-5-6-20(3,4)15(9-23)22(16,17)10-28-12(2)24/h13-17,23,25H,1,5-10H2,2-4H3/t13-,14+,15-,16+,17?,21+,22+/m1/s1. The van der Waals surface area contributed by atoms with E-state index in [1.54, 1.807) is 0 Å². The average Bonchev–Trinajstić information content (AvgIpc) is 2.83. The maximum atomic E-state index is 13.3. The fourth-order valence-corrected chi connectivity index (χ4v) is 7.09. The molecule has 0 aromatic heterocycles. The van der Waals surface area contributed by atoms with E-state index in [2.05, 4.69) is 6.58 Å². The highest BCUT2D eigenvalue weighted by molar-refractivity contribution is 6.15. The lowest BCUT2D eigenvalue weighted by molar-refractivity contribution is -0.270. The summed E-state index contributed by atoms with van der Waals surface area (Å²) < 4.78 is 11.4. The van der Waals surface area contributed by atoms with Crippen molar-refractivity contribution in [2.45, 2.75) is 58.7 Å². The number of aliphatic hydroxyl groups excluding tert-OH is 2. The fourth-order valence-electron chi connectivity index (χ4n) is 7.09. The molecule has 0 aromatic rings. The highest BCUT2D eigenvalue weighted by atomic mass is 16.6. The Hall–Kier alpha value is -1.73. The Labute approximate surface area is 170 Å². The normalized spacial score (nSPS) is 45.3. The number of aliphatic hydroxyl groups is 2. The van der Waals surface area contributed by atoms with Crippen molar-refractivity contribution in [3.05, 3.63) is 12.2 Å². The molecule has 0 aromatic carbocycles. The van der Waals surface area contributed by atoms with Crippen LogP contribution in [0, 0.1) is 34.0 Å². The monoisotopic (exact) mass is 406 g/mol. The predicted octanol–water partition coefficient (Wildman–Crippen LogP) is 1.40. The van der Waals surface area contributed by atoms with Crippen LogP contribution in [0.3, 0.4) is 0 Å². The topological polar surface area (TPSA) is 110 Å². The molecule has 7 atom stereocenters. The molecule has 4 rings (SSSR count). The van der Waals surface area contributed by atoms with Crippen molar-refractivity contribution < 1.29 is 34.1 Å². The SMILES string of the molecule is C=C1C(=O)[C@]23C[C@H]1C[C@H](O)C2[C@]1(COC(C)=O)[C@H](CCC(C)(C)[C@H]1CO)OC3=O. The van der Waals surface area contributed by atoms with Gasteiger partial charge in [0.15, 0.2) is 5.78 Å². The predicted molar refractivity (Wildman–Crippen MR) is 101 cm³/mol. The van der Waals surface area contributed by atoms with E-state index in [0.29, 0.717) is 24.8 Å². The zero-order chi connectivity index (χ0) is 21.4. The first-order valence-electron chi connectivity index (χ1n) is 10.4. The van der Waals surface area contributed by atoms with Crippen molar-refractivity contribution in [1.29, 1.82) is 0 Å². The molecule has 160 valence electrons. The molecule has 1 aliphatic heterocycles. The van der Waals surface area contributed by atoms with E-state index >= 15 is 0 Å². The van der Waals surface area contributed by atoms with Crippen molar-refractivity contribution in [2.24, 2.45) is 34.0 Å². The van der Waals surface area contributed by atoms with Crippen LogP contribution < -0.4 is 0 Å². The number of carbonyl (C=O) groups excluding carboxylic acids is 3. The van der Waals surface area contributed by atoms with Gasteiger partial charge in [0.05, 0.1) is 11.5 Å². The second-order valence-corrected chi connectivity index (χ2v) is 10.1. The first-order valence-corrected chi connectivity index (χ1v) is 10.4. The lowest BCUT2D eigenvalue weighted by atomic mass is 9.43. The highest BCUT2D eigenvalue weighted by Crippen LogP contribution is 2.68. The van der Waals surface area contributed by atoms with E-state index in [1.807, 2.05) is 13.8 Å². The minimum absolute atomic E-state index is 0.108. The Balaban J connectivity index is 1.95. The number of hydrogen-bond acceptors (Lipinski definition) is 7. The van der Waals surface area contributed by atoms with Crippen LogP contribution >= 0.6 is 0 Å². The van der Waals surface area contributed by atoms with Crippen LogP contribution in [0.1, 0.15) is 46.5 Å². The third kappa shape index (κ3) is 2.46. The van der Waals surface area contributed by atoms with Gasteiger partial charge in [-0.25, -0.2) is 0 Å². The molecule has 2 N–H and O–H groups in total. The average molecular weight is 406 g/mol. The molecule has 7 heteroatoms. The number of esters is 2. The van der Waals surface area contributed by atoms with E-state index in [1.165, 1.54) is 6.92 Å². The number of hydrogen-bond donors (Lipinski definition) is 2. The summed E-state index contributed by atoms with van der Waals surface area (Å²) in [5, 5.41) is 21.7. The largest absolute Gasteiger partial charge is 0.465 e. The van der Waals surface area contributed by atoms with E-state index < -0.39 is 46.8 Å². The lowest BCUT2D eigenvalue weighted by Crippen LogP contribution is -2.72. The maximum absolute atomic E-state index is 13.3. The van der Waals surface area contributed by atoms with E-state index in [9.17, 15) is 24.6 Å². The summed E-state index contributed by atoms with van der Waals surface area (Å²) in [6.45, 7) is 8.92. The van der Waals surface area contributed by atoms with Crippen LogP contribution in [0.25, 0.3) is 0 Å². The van der Waals surface area contributed by atoms with Crippen LogP contribution in [-0.2, 0) is 23.9 Å². The molecule has 1 spiro atoms. The Morgan fingerprint density at radius 2 is 2.03 bits per heavy atom. The van der Waals surface area contributed by atoms with Gasteiger partial charge in [-0.3, -0.25) is 14.4 Å². The molecule has 3 saturated carbocycles. The van der Waals surface area contributed by atoms with Crippen molar-refractivity contribution in [3.63, 3.8) is 0 Å². The highest BCUT2D eigenvalue weighted by Gasteiger charge is 2.77. The van der Waals surface area contributed by atoms with Crippen LogP contribution in [-0.4, -0.2) is 53.4 Å². The van der Waals surface area contributed by atoms with E-state index in [4.69, 9.17) is 9.47 Å². The Bertz CT molecular complexity index is 786. The zero-order valence-electron chi connectivity index (χ0n) is 17.3. The molecule has 4 fully saturated rings. The molecule has 2 bridgehead atoms. The quantitative estimate of drug-likeness (QED) is 0.414. The second-order valence-electron chi connectivity index (χ2n) is 10.1. The summed E-state index contributed by atoms with van der Waals surface area (Å²) in [6.07, 6.45) is 0.232. The number of carbonyl (C=O) groups is 3. The number of rotatable bonds is 3. The maximum Gasteiger partial charge on any atom is 0.320 e. The number of fused-ring (bicyclic) bond motifs is 3. The summed E-state index contributed by atoms with van der Waals surface area (Å²) >= 11 is 0. The fraction of sp³-hybridized carbons (Fsp3) is 0.773. The van der Waals surface area contributed by atoms with Crippen LogP contribution in [0.2, 0.25) is 0 Å². The summed E-state index contributed by atoms with van der Waals surface area (Å²) in [7, 11) is 0. The molecule has 1 saturated heterocycles. The molecule has 1 unspecified atom stereocenters. The van der Waals surface area contributed by atoms with Gasteiger partial charge < -0.3 is 19.7 Å². The van der Waals surface area contributed by atoms with Crippen LogP contribution in [0.15, 0.2) is 12.2 Å². The summed E-state index contributed by atoms with van der Waals surface area (Å²) in [4.78, 5) is 38.3. The van der Waals surface area contributed by atoms with Crippen LogP contribution in [0.5, 0.6) is 0 Å². The number of ketones is 1. The number of Topliss-reactive ketones (excluding diaryl/α,β-unsaturated/α-hetero) is 1. The minimum Gasteiger partial charge on any atom is -0.465 e. The Morgan fingerprint density at radius 1 is 1.34 bits per heavy atom. The molecule has 1 heterocycles. The zero-order valence-corrected chi connectivity index (χ0v) is 17.3. The van der Waals surface area contributed by atoms with Gasteiger partial charge in [0, 0.05) is 19.4 Å². The third-order valence-corrected chi connectivity index (χ3v) is 8.34. The number of ether oxygens (including phenoxy) is 2. The van der Waals surface area contributed by atoms with Gasteiger partial charge in [0.1, 0.15) is 18.1 Å². The first-order chi connectivity index (χ1) is 13.5. The van der Waals surface area contributed by atoms with Gasteiger partial charge in [-0.1, -0.05) is 20.4 Å². The molecule has 0 amide bonds. The first kappa shape index (κ1) is 20.5. The van der Waals surface area contributed by atoms with E-state index in [-0.39, 0.29) is 36.8 Å².